The number of allylic oxidation sites excluding steroid dienone is 2. The van der Waals surface area contributed by atoms with Crippen molar-refractivity contribution in [2.75, 3.05) is 33.2 Å². The molecular weight excluding hydrogens is 262 g/mol. The van der Waals surface area contributed by atoms with Crippen molar-refractivity contribution in [2.24, 2.45) is 0 Å². The van der Waals surface area contributed by atoms with Crippen LogP contribution in [0, 0.1) is 0 Å². The van der Waals surface area contributed by atoms with Crippen molar-refractivity contribution in [1.29, 1.82) is 0 Å². The molecule has 120 valence electrons. The minimum absolute atomic E-state index is 0.269. The van der Waals surface area contributed by atoms with Gasteiger partial charge in [-0.25, -0.2) is 0 Å². The molecule has 1 saturated heterocycles. The summed E-state index contributed by atoms with van der Waals surface area (Å²) in [5, 5.41) is 3.44. The molecule has 0 bridgehead atoms. The molecule has 0 spiro atoms. The maximum absolute atomic E-state index is 12.6. The van der Waals surface area contributed by atoms with E-state index in [0.717, 1.165) is 38.9 Å². The Morgan fingerprint density at radius 3 is 2.86 bits per heavy atom. The van der Waals surface area contributed by atoms with Crippen molar-refractivity contribution in [1.82, 2.24) is 15.1 Å². The second kappa shape index (κ2) is 8.54. The van der Waals surface area contributed by atoms with Gasteiger partial charge >= 0.3 is 0 Å². The predicted molar refractivity (Wildman–Crippen MR) is 87.1 cm³/mol. The van der Waals surface area contributed by atoms with Gasteiger partial charge in [-0.1, -0.05) is 6.08 Å². The highest BCUT2D eigenvalue weighted by Gasteiger charge is 2.23. The maximum atomic E-state index is 12.6. The van der Waals surface area contributed by atoms with E-state index in [1.165, 1.54) is 31.4 Å². The lowest BCUT2D eigenvalue weighted by molar-refractivity contribution is -0.130. The number of rotatable bonds is 5. The Labute approximate surface area is 129 Å². The highest BCUT2D eigenvalue weighted by atomic mass is 16.2. The zero-order valence-electron chi connectivity index (χ0n) is 13.7. The first-order chi connectivity index (χ1) is 10.2. The summed E-state index contributed by atoms with van der Waals surface area (Å²) >= 11 is 0. The molecular formula is C17H31N3O. The van der Waals surface area contributed by atoms with Gasteiger partial charge in [0.05, 0.1) is 6.54 Å². The first kappa shape index (κ1) is 16.5. The van der Waals surface area contributed by atoms with Crippen LogP contribution >= 0.6 is 0 Å². The van der Waals surface area contributed by atoms with Crippen LogP contribution in [0.5, 0.6) is 0 Å². The molecule has 2 rings (SSSR count). The number of nitrogens with one attached hydrogen (secondary N) is 1. The number of nitrogens with zero attached hydrogens (tertiary/aromatic N) is 2. The highest BCUT2D eigenvalue weighted by Crippen LogP contribution is 2.21. The van der Waals surface area contributed by atoms with Crippen LogP contribution in [0.1, 0.15) is 51.9 Å². The summed E-state index contributed by atoms with van der Waals surface area (Å²) in [6.45, 7) is 5.63. The van der Waals surface area contributed by atoms with E-state index in [9.17, 15) is 4.79 Å². The lowest BCUT2D eigenvalue weighted by atomic mass is 10.0. The molecule has 1 heterocycles. The van der Waals surface area contributed by atoms with E-state index in [4.69, 9.17) is 0 Å². The summed E-state index contributed by atoms with van der Waals surface area (Å²) in [5.74, 6) is 0.269. The van der Waals surface area contributed by atoms with Crippen molar-refractivity contribution in [3.8, 4) is 0 Å². The van der Waals surface area contributed by atoms with Gasteiger partial charge in [-0.2, -0.15) is 0 Å². The lowest BCUT2D eigenvalue weighted by Crippen LogP contribution is -2.42. The third-order valence-electron chi connectivity index (χ3n) is 4.78. The van der Waals surface area contributed by atoms with Crippen molar-refractivity contribution in [2.45, 2.75) is 57.9 Å². The summed E-state index contributed by atoms with van der Waals surface area (Å²) in [5.41, 5.74) is 1.25. The Balaban J connectivity index is 1.90. The molecule has 1 amide bonds. The van der Waals surface area contributed by atoms with Gasteiger partial charge in [0.1, 0.15) is 0 Å². The van der Waals surface area contributed by atoms with E-state index in [0.29, 0.717) is 12.6 Å². The standard InChI is InChI=1S/C17H31N3O/c1-3-20(16-8-5-4-6-9-16)17(21)14-19(2)15-10-7-12-18-13-11-15/h8,15,18H,3-7,9-14H2,1-2H3. The Morgan fingerprint density at radius 2 is 2.14 bits per heavy atom. The molecule has 0 aromatic rings. The fourth-order valence-corrected chi connectivity index (χ4v) is 3.48. The molecule has 1 atom stereocenters. The van der Waals surface area contributed by atoms with Gasteiger partial charge in [0, 0.05) is 18.3 Å². The van der Waals surface area contributed by atoms with E-state index in [1.807, 2.05) is 4.90 Å². The zero-order chi connectivity index (χ0) is 15.1. The van der Waals surface area contributed by atoms with Crippen LogP contribution in [0.4, 0.5) is 0 Å². The minimum Gasteiger partial charge on any atom is -0.317 e. The molecule has 0 aromatic heterocycles. The summed E-state index contributed by atoms with van der Waals surface area (Å²) in [6, 6.07) is 0.544. The predicted octanol–water partition coefficient (Wildman–Crippen LogP) is 2.37. The van der Waals surface area contributed by atoms with E-state index < -0.39 is 0 Å². The minimum atomic E-state index is 0.269. The molecule has 4 nitrogen and oxygen atoms in total. The van der Waals surface area contributed by atoms with Crippen molar-refractivity contribution < 1.29 is 4.79 Å². The third kappa shape index (κ3) is 4.82. The number of hydrogen-bond acceptors (Lipinski definition) is 3. The molecule has 21 heavy (non-hydrogen) atoms. The number of amides is 1. The van der Waals surface area contributed by atoms with Crippen LogP contribution in [0.15, 0.2) is 11.8 Å². The maximum Gasteiger partial charge on any atom is 0.240 e. The Kier molecular flexibility index (Phi) is 6.71. The average Bonchev–Trinajstić information content (AvgIpc) is 2.78. The van der Waals surface area contributed by atoms with Gasteiger partial charge in [0.25, 0.3) is 0 Å². The molecule has 2 aliphatic rings. The number of likely N-dealkylation sites (N-methyl/N-ethyl adjacent to an activating group) is 2. The monoisotopic (exact) mass is 293 g/mol. The summed E-state index contributed by atoms with van der Waals surface area (Å²) in [7, 11) is 2.11. The van der Waals surface area contributed by atoms with Crippen LogP contribution in [-0.4, -0.2) is 55.0 Å². The zero-order valence-corrected chi connectivity index (χ0v) is 13.7. The van der Waals surface area contributed by atoms with Crippen LogP contribution in [0.2, 0.25) is 0 Å². The van der Waals surface area contributed by atoms with Gasteiger partial charge in [0.2, 0.25) is 5.91 Å². The third-order valence-corrected chi connectivity index (χ3v) is 4.78. The summed E-state index contributed by atoms with van der Waals surface area (Å²) in [4.78, 5) is 16.9. The van der Waals surface area contributed by atoms with Gasteiger partial charge in [-0.15, -0.1) is 0 Å². The first-order valence-electron chi connectivity index (χ1n) is 8.62. The molecule has 1 N–H and O–H groups in total. The van der Waals surface area contributed by atoms with Crippen molar-refractivity contribution in [3.63, 3.8) is 0 Å². The normalized spacial score (nSPS) is 23.6. The molecule has 0 radical (unpaired) electrons. The second-order valence-corrected chi connectivity index (χ2v) is 6.33. The number of carbonyl (C=O) groups is 1. The number of carbonyl (C=O) groups excluding carboxylic acids is 1. The van der Waals surface area contributed by atoms with Gasteiger partial charge < -0.3 is 10.2 Å². The highest BCUT2D eigenvalue weighted by molar-refractivity contribution is 5.80. The molecule has 4 heteroatoms. The molecule has 1 aliphatic heterocycles. The molecule has 0 saturated carbocycles. The van der Waals surface area contributed by atoms with Gasteiger partial charge in [-0.3, -0.25) is 9.69 Å². The SMILES string of the molecule is CCN(C(=O)CN(C)C1CCCNCC1)C1=CCCCC1. The second-order valence-electron chi connectivity index (χ2n) is 6.33. The van der Waals surface area contributed by atoms with Crippen molar-refractivity contribution >= 4 is 5.91 Å². The fourth-order valence-electron chi connectivity index (χ4n) is 3.48. The summed E-state index contributed by atoms with van der Waals surface area (Å²) < 4.78 is 0. The van der Waals surface area contributed by atoms with Crippen LogP contribution < -0.4 is 5.32 Å². The molecule has 1 fully saturated rings. The van der Waals surface area contributed by atoms with Gasteiger partial charge in [0.15, 0.2) is 0 Å². The number of hydrogen-bond donors (Lipinski definition) is 1. The Bertz CT molecular complexity index is 359. The van der Waals surface area contributed by atoms with E-state index in [-0.39, 0.29) is 5.91 Å². The molecule has 0 aromatic carbocycles. The average molecular weight is 293 g/mol. The largest absolute Gasteiger partial charge is 0.317 e. The van der Waals surface area contributed by atoms with E-state index >= 15 is 0 Å². The first-order valence-corrected chi connectivity index (χ1v) is 8.62. The van der Waals surface area contributed by atoms with Gasteiger partial charge in [-0.05, 0) is 72.0 Å². The molecule has 1 unspecified atom stereocenters. The van der Waals surface area contributed by atoms with Crippen LogP contribution in [-0.2, 0) is 4.79 Å². The lowest BCUT2D eigenvalue weighted by Gasteiger charge is -2.31. The summed E-state index contributed by atoms with van der Waals surface area (Å²) in [6.07, 6.45) is 10.5. The Hall–Kier alpha value is -0.870. The van der Waals surface area contributed by atoms with Crippen LogP contribution in [0.25, 0.3) is 0 Å². The van der Waals surface area contributed by atoms with Crippen molar-refractivity contribution in [3.05, 3.63) is 11.8 Å². The smallest absolute Gasteiger partial charge is 0.240 e. The van der Waals surface area contributed by atoms with E-state index in [2.05, 4.69) is 30.3 Å². The quantitative estimate of drug-likeness (QED) is 0.845. The Morgan fingerprint density at radius 1 is 1.29 bits per heavy atom. The fraction of sp³-hybridized carbons (Fsp3) is 0.824. The topological polar surface area (TPSA) is 35.6 Å². The van der Waals surface area contributed by atoms with Crippen LogP contribution in [0.3, 0.4) is 0 Å². The van der Waals surface area contributed by atoms with E-state index in [1.54, 1.807) is 0 Å². The molecule has 1 aliphatic carbocycles.